The Morgan fingerprint density at radius 1 is 0.968 bits per heavy atom. The second-order valence-corrected chi connectivity index (χ2v) is 8.08. The molecule has 0 aliphatic heterocycles. The summed E-state index contributed by atoms with van der Waals surface area (Å²) in [5, 5.41) is 3.60. The average molecular weight is 436 g/mol. The summed E-state index contributed by atoms with van der Waals surface area (Å²) >= 11 is 6.02. The van der Waals surface area contributed by atoms with Crippen molar-refractivity contribution >= 4 is 23.4 Å². The summed E-state index contributed by atoms with van der Waals surface area (Å²) in [6.45, 7) is 4.31. The SMILES string of the molecule is CC(C)C(=O)N(Cc1ccc(Cl)cc1)[C@H](C(=O)NCc1cccnc1)c1ccccc1. The maximum atomic E-state index is 13.4. The number of hydrogen-bond donors (Lipinski definition) is 1. The van der Waals surface area contributed by atoms with Crippen LogP contribution in [-0.2, 0) is 22.7 Å². The third-order valence-electron chi connectivity index (χ3n) is 4.91. The number of aromatic nitrogens is 1. The van der Waals surface area contributed by atoms with Gasteiger partial charge in [-0.05, 0) is 34.9 Å². The monoisotopic (exact) mass is 435 g/mol. The highest BCUT2D eigenvalue weighted by Gasteiger charge is 2.32. The molecule has 0 bridgehead atoms. The van der Waals surface area contributed by atoms with Crippen molar-refractivity contribution in [2.45, 2.75) is 33.0 Å². The number of hydrogen-bond acceptors (Lipinski definition) is 3. The molecule has 2 amide bonds. The van der Waals surface area contributed by atoms with Crippen LogP contribution >= 0.6 is 11.6 Å². The number of nitrogens with one attached hydrogen (secondary N) is 1. The molecular formula is C25H26ClN3O2. The number of benzene rings is 2. The fraction of sp³-hybridized carbons (Fsp3) is 0.240. The number of rotatable bonds is 8. The normalized spacial score (nSPS) is 11.7. The van der Waals surface area contributed by atoms with Crippen LogP contribution in [0, 0.1) is 5.92 Å². The average Bonchev–Trinajstić information content (AvgIpc) is 2.79. The van der Waals surface area contributed by atoms with E-state index in [1.807, 2.05) is 68.4 Å². The second kappa shape index (κ2) is 10.7. The molecule has 3 rings (SSSR count). The lowest BCUT2D eigenvalue weighted by atomic mass is 10.0. The number of amides is 2. The van der Waals surface area contributed by atoms with Gasteiger partial charge in [-0.3, -0.25) is 14.6 Å². The van der Waals surface area contributed by atoms with Crippen molar-refractivity contribution in [2.75, 3.05) is 0 Å². The molecule has 0 spiro atoms. The summed E-state index contributed by atoms with van der Waals surface area (Å²) < 4.78 is 0. The van der Waals surface area contributed by atoms with Gasteiger partial charge in [0.1, 0.15) is 6.04 Å². The second-order valence-electron chi connectivity index (χ2n) is 7.64. The third-order valence-corrected chi connectivity index (χ3v) is 5.16. The van der Waals surface area contributed by atoms with Crippen LogP contribution in [0.2, 0.25) is 5.02 Å². The molecule has 5 nitrogen and oxygen atoms in total. The van der Waals surface area contributed by atoms with Gasteiger partial charge in [-0.25, -0.2) is 0 Å². The molecule has 1 atom stereocenters. The van der Waals surface area contributed by atoms with Crippen molar-refractivity contribution in [3.8, 4) is 0 Å². The van der Waals surface area contributed by atoms with E-state index < -0.39 is 6.04 Å². The molecule has 1 N–H and O–H groups in total. The van der Waals surface area contributed by atoms with Crippen LogP contribution in [0.1, 0.15) is 36.6 Å². The Hall–Kier alpha value is -3.18. The van der Waals surface area contributed by atoms with Gasteiger partial charge in [-0.1, -0.05) is 74.0 Å². The van der Waals surface area contributed by atoms with Crippen molar-refractivity contribution in [2.24, 2.45) is 5.92 Å². The zero-order chi connectivity index (χ0) is 22.2. The van der Waals surface area contributed by atoms with Crippen molar-refractivity contribution in [1.29, 1.82) is 0 Å². The lowest BCUT2D eigenvalue weighted by Crippen LogP contribution is -2.44. The summed E-state index contributed by atoms with van der Waals surface area (Å²) in [7, 11) is 0. The van der Waals surface area contributed by atoms with E-state index in [1.54, 1.807) is 29.4 Å². The van der Waals surface area contributed by atoms with Gasteiger partial charge in [0.25, 0.3) is 0 Å². The molecule has 160 valence electrons. The lowest BCUT2D eigenvalue weighted by molar-refractivity contribution is -0.144. The summed E-state index contributed by atoms with van der Waals surface area (Å²) in [4.78, 5) is 32.3. The predicted molar refractivity (Wildman–Crippen MR) is 122 cm³/mol. The number of halogens is 1. The van der Waals surface area contributed by atoms with E-state index >= 15 is 0 Å². The Morgan fingerprint density at radius 2 is 1.68 bits per heavy atom. The molecule has 6 heteroatoms. The molecule has 1 heterocycles. The molecule has 2 aromatic carbocycles. The van der Waals surface area contributed by atoms with Crippen LogP contribution in [0.3, 0.4) is 0 Å². The van der Waals surface area contributed by atoms with E-state index in [0.29, 0.717) is 18.1 Å². The molecule has 0 saturated heterocycles. The van der Waals surface area contributed by atoms with E-state index in [0.717, 1.165) is 16.7 Å². The van der Waals surface area contributed by atoms with Gasteiger partial charge in [0, 0.05) is 36.4 Å². The van der Waals surface area contributed by atoms with Gasteiger partial charge in [0.15, 0.2) is 0 Å². The van der Waals surface area contributed by atoms with Crippen molar-refractivity contribution in [1.82, 2.24) is 15.2 Å². The van der Waals surface area contributed by atoms with E-state index in [9.17, 15) is 9.59 Å². The Morgan fingerprint density at radius 3 is 2.29 bits per heavy atom. The van der Waals surface area contributed by atoms with Gasteiger partial charge in [-0.15, -0.1) is 0 Å². The first-order valence-electron chi connectivity index (χ1n) is 10.2. The van der Waals surface area contributed by atoms with Crippen molar-refractivity contribution < 1.29 is 9.59 Å². The maximum Gasteiger partial charge on any atom is 0.247 e. The fourth-order valence-electron chi connectivity index (χ4n) is 3.31. The van der Waals surface area contributed by atoms with Crippen LogP contribution in [0.15, 0.2) is 79.1 Å². The topological polar surface area (TPSA) is 62.3 Å². The Kier molecular flexibility index (Phi) is 7.79. The zero-order valence-electron chi connectivity index (χ0n) is 17.7. The van der Waals surface area contributed by atoms with E-state index in [1.165, 1.54) is 0 Å². The molecule has 0 aliphatic carbocycles. The minimum atomic E-state index is -0.761. The first-order valence-corrected chi connectivity index (χ1v) is 10.6. The number of carbonyl (C=O) groups excluding carboxylic acids is 2. The zero-order valence-corrected chi connectivity index (χ0v) is 18.4. The Balaban J connectivity index is 1.93. The van der Waals surface area contributed by atoms with Crippen molar-refractivity contribution in [3.05, 3.63) is 101 Å². The first-order chi connectivity index (χ1) is 15.0. The Labute approximate surface area is 188 Å². The fourth-order valence-corrected chi connectivity index (χ4v) is 3.44. The highest BCUT2D eigenvalue weighted by molar-refractivity contribution is 6.30. The van der Waals surface area contributed by atoms with Crippen LogP contribution in [0.4, 0.5) is 0 Å². The molecule has 31 heavy (non-hydrogen) atoms. The summed E-state index contributed by atoms with van der Waals surface area (Å²) in [6, 6.07) is 19.7. The molecule has 1 aromatic heterocycles. The smallest absolute Gasteiger partial charge is 0.247 e. The van der Waals surface area contributed by atoms with E-state index in [-0.39, 0.29) is 17.7 Å². The van der Waals surface area contributed by atoms with E-state index in [2.05, 4.69) is 10.3 Å². The highest BCUT2D eigenvalue weighted by Crippen LogP contribution is 2.26. The summed E-state index contributed by atoms with van der Waals surface area (Å²) in [5.74, 6) is -0.594. The molecule has 0 radical (unpaired) electrons. The van der Waals surface area contributed by atoms with Gasteiger partial charge >= 0.3 is 0 Å². The predicted octanol–water partition coefficient (Wildman–Crippen LogP) is 4.78. The molecule has 0 saturated carbocycles. The van der Waals surface area contributed by atoms with Crippen molar-refractivity contribution in [3.63, 3.8) is 0 Å². The van der Waals surface area contributed by atoms with Crippen LogP contribution in [-0.4, -0.2) is 21.7 Å². The Bertz CT molecular complexity index is 992. The number of carbonyl (C=O) groups is 2. The minimum absolute atomic E-state index is 0.0969. The first kappa shape index (κ1) is 22.5. The van der Waals surface area contributed by atoms with Gasteiger partial charge in [0.05, 0.1) is 0 Å². The highest BCUT2D eigenvalue weighted by atomic mass is 35.5. The quantitative estimate of drug-likeness (QED) is 0.554. The molecule has 0 aliphatic rings. The number of nitrogens with zero attached hydrogens (tertiary/aromatic N) is 2. The largest absolute Gasteiger partial charge is 0.350 e. The third kappa shape index (κ3) is 6.15. The van der Waals surface area contributed by atoms with Crippen LogP contribution in [0.5, 0.6) is 0 Å². The summed E-state index contributed by atoms with van der Waals surface area (Å²) in [6.07, 6.45) is 3.40. The van der Waals surface area contributed by atoms with E-state index in [4.69, 9.17) is 11.6 Å². The molecule has 0 unspecified atom stereocenters. The maximum absolute atomic E-state index is 13.4. The molecular weight excluding hydrogens is 410 g/mol. The summed E-state index contributed by atoms with van der Waals surface area (Å²) in [5.41, 5.74) is 2.55. The lowest BCUT2D eigenvalue weighted by Gasteiger charge is -2.33. The van der Waals surface area contributed by atoms with Gasteiger partial charge in [0.2, 0.25) is 11.8 Å². The van der Waals surface area contributed by atoms with Crippen LogP contribution < -0.4 is 5.32 Å². The minimum Gasteiger partial charge on any atom is -0.350 e. The molecule has 3 aromatic rings. The van der Waals surface area contributed by atoms with Crippen LogP contribution in [0.25, 0.3) is 0 Å². The van der Waals surface area contributed by atoms with Gasteiger partial charge < -0.3 is 10.2 Å². The van der Waals surface area contributed by atoms with Gasteiger partial charge in [-0.2, -0.15) is 0 Å². The molecule has 0 fully saturated rings. The number of pyridine rings is 1. The standard InChI is InChI=1S/C25H26ClN3O2/c1-18(2)25(31)29(17-19-10-12-22(26)13-11-19)23(21-8-4-3-5-9-21)24(30)28-16-20-7-6-14-27-15-20/h3-15,18,23H,16-17H2,1-2H3,(H,28,30)/t23-/m0/s1.